The van der Waals surface area contributed by atoms with Crippen LogP contribution in [0.2, 0.25) is 0 Å². The number of hydrogen-bond acceptors (Lipinski definition) is 4. The molecule has 0 saturated carbocycles. The fourth-order valence-electron chi connectivity index (χ4n) is 0.997. The van der Waals surface area contributed by atoms with Crippen LogP contribution >= 0.6 is 0 Å². The van der Waals surface area contributed by atoms with Crippen molar-refractivity contribution in [2.45, 2.75) is 45.0 Å². The summed E-state index contributed by atoms with van der Waals surface area (Å²) in [5.41, 5.74) is -0.652. The largest absolute Gasteiger partial charge is 0.393 e. The highest BCUT2D eigenvalue weighted by molar-refractivity contribution is 4.63. The summed E-state index contributed by atoms with van der Waals surface area (Å²) in [4.78, 5) is 10.1. The predicted molar refractivity (Wildman–Crippen MR) is 46.9 cm³/mol. The van der Waals surface area contributed by atoms with Gasteiger partial charge in [-0.2, -0.15) is 0 Å². The van der Waals surface area contributed by atoms with Crippen molar-refractivity contribution in [1.82, 2.24) is 0 Å². The molecule has 4 heteroatoms. The first kappa shape index (κ1) is 10.9. The van der Waals surface area contributed by atoms with Gasteiger partial charge < -0.3 is 9.84 Å². The minimum Gasteiger partial charge on any atom is -0.393 e. The highest BCUT2D eigenvalue weighted by Crippen LogP contribution is 2.17. The van der Waals surface area contributed by atoms with Gasteiger partial charge in [-0.25, -0.2) is 9.78 Å². The molecule has 0 spiro atoms. The Bertz CT molecular complexity index is 141. The first-order valence-corrected chi connectivity index (χ1v) is 4.71. The molecule has 1 aliphatic rings. The Labute approximate surface area is 78.7 Å². The minimum absolute atomic E-state index is 0.0697. The Morgan fingerprint density at radius 1 is 1.54 bits per heavy atom. The van der Waals surface area contributed by atoms with E-state index < -0.39 is 5.60 Å². The Kier molecular flexibility index (Phi) is 4.12. The zero-order valence-corrected chi connectivity index (χ0v) is 8.28. The molecule has 1 unspecified atom stereocenters. The predicted octanol–water partition coefficient (Wildman–Crippen LogP) is 1.23. The molecular formula is C9H18O4. The van der Waals surface area contributed by atoms with Crippen LogP contribution in [0.3, 0.4) is 0 Å². The summed E-state index contributed by atoms with van der Waals surface area (Å²) in [5, 5.41) is 8.88. The van der Waals surface area contributed by atoms with Crippen molar-refractivity contribution in [3.05, 3.63) is 0 Å². The summed E-state index contributed by atoms with van der Waals surface area (Å²) in [5.74, 6) is 0. The van der Waals surface area contributed by atoms with Gasteiger partial charge in [-0.05, 0) is 26.7 Å². The van der Waals surface area contributed by atoms with Crippen LogP contribution in [0.1, 0.15) is 33.1 Å². The maximum atomic E-state index is 8.88. The van der Waals surface area contributed by atoms with Crippen molar-refractivity contribution < 1.29 is 19.6 Å². The van der Waals surface area contributed by atoms with Crippen molar-refractivity contribution in [3.63, 3.8) is 0 Å². The second-order valence-corrected chi connectivity index (χ2v) is 3.89. The summed E-state index contributed by atoms with van der Waals surface area (Å²) in [6.07, 6.45) is 2.79. The van der Waals surface area contributed by atoms with Gasteiger partial charge >= 0.3 is 0 Å². The van der Waals surface area contributed by atoms with Crippen LogP contribution < -0.4 is 0 Å². The number of aliphatic hydroxyl groups excluding tert-OH is 1. The van der Waals surface area contributed by atoms with E-state index in [0.717, 1.165) is 25.9 Å². The first-order valence-electron chi connectivity index (χ1n) is 4.71. The van der Waals surface area contributed by atoms with Crippen molar-refractivity contribution in [1.29, 1.82) is 0 Å². The molecule has 1 heterocycles. The summed E-state index contributed by atoms with van der Waals surface area (Å²) < 4.78 is 5.29. The van der Waals surface area contributed by atoms with Gasteiger partial charge in [0.25, 0.3) is 0 Å². The van der Waals surface area contributed by atoms with E-state index in [0.29, 0.717) is 0 Å². The molecular weight excluding hydrogens is 174 g/mol. The molecule has 1 atom stereocenters. The molecule has 0 radical (unpaired) electrons. The number of aliphatic hydroxyl groups is 1. The molecule has 1 fully saturated rings. The van der Waals surface area contributed by atoms with Gasteiger partial charge in [0.15, 0.2) is 6.29 Å². The van der Waals surface area contributed by atoms with E-state index in [9.17, 15) is 0 Å². The molecule has 0 aromatic heterocycles. The molecule has 1 N–H and O–H groups in total. The quantitative estimate of drug-likeness (QED) is 0.413. The van der Waals surface area contributed by atoms with E-state index in [1.165, 1.54) is 0 Å². The molecule has 78 valence electrons. The Hall–Kier alpha value is -0.160. The second kappa shape index (κ2) is 4.91. The van der Waals surface area contributed by atoms with Crippen LogP contribution in [0.5, 0.6) is 0 Å². The van der Waals surface area contributed by atoms with Crippen LogP contribution in [0.4, 0.5) is 0 Å². The molecule has 1 aliphatic heterocycles. The topological polar surface area (TPSA) is 47.9 Å². The van der Waals surface area contributed by atoms with Gasteiger partial charge in [-0.1, -0.05) is 0 Å². The van der Waals surface area contributed by atoms with Gasteiger partial charge in [0.2, 0.25) is 0 Å². The molecule has 13 heavy (non-hydrogen) atoms. The van der Waals surface area contributed by atoms with Crippen LogP contribution in [0.15, 0.2) is 0 Å². The van der Waals surface area contributed by atoms with Gasteiger partial charge in [0.1, 0.15) is 5.60 Å². The number of rotatable bonds is 4. The molecule has 0 aromatic carbocycles. The van der Waals surface area contributed by atoms with Gasteiger partial charge in [0, 0.05) is 13.0 Å². The maximum Gasteiger partial charge on any atom is 0.191 e. The molecule has 1 saturated heterocycles. The first-order chi connectivity index (χ1) is 6.14. The zero-order valence-electron chi connectivity index (χ0n) is 8.28. The molecule has 0 bridgehead atoms. The van der Waals surface area contributed by atoms with Crippen LogP contribution in [-0.2, 0) is 14.5 Å². The number of hydrogen-bond donors (Lipinski definition) is 1. The van der Waals surface area contributed by atoms with Crippen molar-refractivity contribution in [3.8, 4) is 0 Å². The monoisotopic (exact) mass is 192 g/mol. The van der Waals surface area contributed by atoms with Gasteiger partial charge in [-0.3, -0.25) is 0 Å². The average Bonchev–Trinajstić information content (AvgIpc) is 2.17. The summed E-state index contributed by atoms with van der Waals surface area (Å²) >= 11 is 0. The van der Waals surface area contributed by atoms with E-state index >= 15 is 0 Å². The number of ether oxygens (including phenoxy) is 1. The van der Waals surface area contributed by atoms with E-state index in [-0.39, 0.29) is 12.9 Å². The Balaban J connectivity index is 2.17. The zero-order chi connectivity index (χ0) is 9.73. The molecule has 1 rings (SSSR count). The highest BCUT2D eigenvalue weighted by Gasteiger charge is 2.22. The van der Waals surface area contributed by atoms with Crippen molar-refractivity contribution >= 4 is 0 Å². The molecule has 4 nitrogen and oxygen atoms in total. The standard InChI is InChI=1S/C9H18O4/c1-9(2,7-10)13-12-8-5-3-4-6-11-8/h8,10H,3-7H2,1-2H3/i12+2. The Morgan fingerprint density at radius 2 is 2.31 bits per heavy atom. The fraction of sp³-hybridized carbons (Fsp3) is 1.00. The highest BCUT2D eigenvalue weighted by atomic mass is 18.6. The van der Waals surface area contributed by atoms with E-state index in [4.69, 9.17) is 19.6 Å². The van der Waals surface area contributed by atoms with Gasteiger partial charge in [0.05, 0.1) is 6.61 Å². The van der Waals surface area contributed by atoms with Crippen LogP contribution in [0, 0.1) is 0 Å². The van der Waals surface area contributed by atoms with Crippen LogP contribution in [0.25, 0.3) is 0 Å². The average molecular weight is 192 g/mol. The van der Waals surface area contributed by atoms with E-state index in [2.05, 4.69) is 0 Å². The third kappa shape index (κ3) is 4.04. The fourth-order valence-corrected chi connectivity index (χ4v) is 0.997. The van der Waals surface area contributed by atoms with E-state index in [1.54, 1.807) is 13.8 Å². The Morgan fingerprint density at radius 3 is 2.85 bits per heavy atom. The SMILES string of the molecule is CC(C)(CO)O[18O]C1CCCCO1. The summed E-state index contributed by atoms with van der Waals surface area (Å²) in [6.45, 7) is 4.18. The van der Waals surface area contributed by atoms with Gasteiger partial charge in [-0.15, -0.1) is 0 Å². The van der Waals surface area contributed by atoms with E-state index in [1.807, 2.05) is 0 Å². The van der Waals surface area contributed by atoms with Crippen molar-refractivity contribution in [2.24, 2.45) is 0 Å². The molecule has 0 aliphatic carbocycles. The third-order valence-corrected chi connectivity index (χ3v) is 1.90. The lowest BCUT2D eigenvalue weighted by Gasteiger charge is -2.26. The minimum atomic E-state index is -0.652. The smallest absolute Gasteiger partial charge is 0.191 e. The van der Waals surface area contributed by atoms with Crippen LogP contribution in [-0.4, -0.2) is 30.2 Å². The normalized spacial score (nSPS) is 24.7. The third-order valence-electron chi connectivity index (χ3n) is 1.90. The summed E-state index contributed by atoms with van der Waals surface area (Å²) in [7, 11) is 0. The molecule has 0 amide bonds. The lowest BCUT2D eigenvalue weighted by Crippen LogP contribution is -2.33. The lowest BCUT2D eigenvalue weighted by molar-refractivity contribution is -0.426. The second-order valence-electron chi connectivity index (χ2n) is 3.89. The maximum absolute atomic E-state index is 8.88. The lowest BCUT2D eigenvalue weighted by atomic mass is 10.2. The summed E-state index contributed by atoms with van der Waals surface area (Å²) in [6, 6.07) is 0. The molecule has 0 aromatic rings. The van der Waals surface area contributed by atoms with Crippen molar-refractivity contribution in [2.75, 3.05) is 13.2 Å².